The third kappa shape index (κ3) is 3.73. The zero-order valence-corrected chi connectivity index (χ0v) is 10.4. The summed E-state index contributed by atoms with van der Waals surface area (Å²) in [4.78, 5) is 0. The highest BCUT2D eigenvalue weighted by atomic mass is 19.2. The summed E-state index contributed by atoms with van der Waals surface area (Å²) in [6.07, 6.45) is 0.748. The molecule has 0 saturated carbocycles. The van der Waals surface area contributed by atoms with Crippen molar-refractivity contribution in [3.63, 3.8) is 0 Å². The summed E-state index contributed by atoms with van der Waals surface area (Å²) in [6.45, 7) is 6.67. The average Bonchev–Trinajstić information content (AvgIpc) is 2.24. The Kier molecular flexibility index (Phi) is 5.00. The number of benzene rings is 1. The molecule has 1 aromatic rings. The molecule has 1 nitrogen and oxygen atoms in total. The lowest BCUT2D eigenvalue weighted by molar-refractivity contribution is 0.418. The molecule has 0 bridgehead atoms. The molecule has 0 heterocycles. The minimum Gasteiger partial charge on any atom is -0.310 e. The monoisotopic (exact) mass is 245 g/mol. The highest BCUT2D eigenvalue weighted by Gasteiger charge is 2.17. The van der Waals surface area contributed by atoms with Crippen LogP contribution in [0.15, 0.2) is 12.1 Å². The van der Waals surface area contributed by atoms with Crippen LogP contribution < -0.4 is 5.32 Å². The summed E-state index contributed by atoms with van der Waals surface area (Å²) in [5.41, 5.74) is 0.456. The van der Waals surface area contributed by atoms with Crippen LogP contribution in [0.2, 0.25) is 0 Å². The van der Waals surface area contributed by atoms with Gasteiger partial charge in [-0.05, 0) is 36.6 Å². The van der Waals surface area contributed by atoms with Crippen LogP contribution in [0.5, 0.6) is 0 Å². The fourth-order valence-corrected chi connectivity index (χ4v) is 1.83. The van der Waals surface area contributed by atoms with E-state index in [0.717, 1.165) is 18.6 Å². The summed E-state index contributed by atoms with van der Waals surface area (Å²) in [5.74, 6) is -3.29. The quantitative estimate of drug-likeness (QED) is 0.778. The molecule has 0 amide bonds. The van der Waals surface area contributed by atoms with E-state index in [1.807, 2.05) is 20.8 Å². The van der Waals surface area contributed by atoms with E-state index < -0.39 is 17.5 Å². The lowest BCUT2D eigenvalue weighted by Gasteiger charge is -2.20. The van der Waals surface area contributed by atoms with Crippen LogP contribution >= 0.6 is 0 Å². The Morgan fingerprint density at radius 1 is 1.12 bits per heavy atom. The van der Waals surface area contributed by atoms with Gasteiger partial charge in [0.2, 0.25) is 0 Å². The molecule has 0 spiro atoms. The summed E-state index contributed by atoms with van der Waals surface area (Å²) >= 11 is 0. The second-order valence-corrected chi connectivity index (χ2v) is 4.54. The maximum absolute atomic E-state index is 13.1. The molecule has 1 N–H and O–H groups in total. The molecule has 1 aromatic carbocycles. The van der Waals surface area contributed by atoms with E-state index in [9.17, 15) is 13.2 Å². The van der Waals surface area contributed by atoms with Crippen molar-refractivity contribution in [2.45, 2.75) is 33.2 Å². The molecule has 17 heavy (non-hydrogen) atoms. The molecule has 0 aliphatic rings. The number of halogens is 3. The second-order valence-electron chi connectivity index (χ2n) is 4.54. The van der Waals surface area contributed by atoms with Gasteiger partial charge in [0, 0.05) is 6.04 Å². The maximum Gasteiger partial charge on any atom is 0.194 e. The van der Waals surface area contributed by atoms with E-state index in [1.54, 1.807) is 0 Å². The van der Waals surface area contributed by atoms with E-state index >= 15 is 0 Å². The van der Waals surface area contributed by atoms with E-state index in [-0.39, 0.29) is 6.04 Å². The van der Waals surface area contributed by atoms with Crippen molar-refractivity contribution in [3.05, 3.63) is 35.1 Å². The van der Waals surface area contributed by atoms with E-state index in [0.29, 0.717) is 18.0 Å². The van der Waals surface area contributed by atoms with Crippen molar-refractivity contribution < 1.29 is 13.2 Å². The second kappa shape index (κ2) is 6.05. The first-order valence-corrected chi connectivity index (χ1v) is 5.83. The van der Waals surface area contributed by atoms with E-state index in [2.05, 4.69) is 5.32 Å². The topological polar surface area (TPSA) is 12.0 Å². The van der Waals surface area contributed by atoms with Gasteiger partial charge in [0.25, 0.3) is 0 Å². The molecule has 1 rings (SSSR count). The fraction of sp³-hybridized carbons (Fsp3) is 0.538. The fourth-order valence-electron chi connectivity index (χ4n) is 1.83. The predicted octanol–water partition coefficient (Wildman–Crippen LogP) is 3.80. The van der Waals surface area contributed by atoms with Gasteiger partial charge in [-0.3, -0.25) is 0 Å². The van der Waals surface area contributed by atoms with Crippen LogP contribution in [0.4, 0.5) is 13.2 Å². The largest absolute Gasteiger partial charge is 0.310 e. The van der Waals surface area contributed by atoms with Crippen molar-refractivity contribution in [3.8, 4) is 0 Å². The Bertz CT molecular complexity index is 354. The molecular weight excluding hydrogens is 227 g/mol. The van der Waals surface area contributed by atoms with Gasteiger partial charge >= 0.3 is 0 Å². The third-order valence-corrected chi connectivity index (χ3v) is 2.57. The van der Waals surface area contributed by atoms with E-state index in [4.69, 9.17) is 0 Å². The molecule has 0 aliphatic carbocycles. The van der Waals surface area contributed by atoms with Crippen molar-refractivity contribution in [1.82, 2.24) is 5.32 Å². The van der Waals surface area contributed by atoms with Crippen LogP contribution in [0, 0.1) is 23.4 Å². The van der Waals surface area contributed by atoms with Crippen molar-refractivity contribution >= 4 is 0 Å². The Morgan fingerprint density at radius 2 is 1.65 bits per heavy atom. The Labute approximate surface area is 100 Å². The van der Waals surface area contributed by atoms with E-state index in [1.165, 1.54) is 0 Å². The van der Waals surface area contributed by atoms with Gasteiger partial charge in [-0.2, -0.15) is 0 Å². The summed E-state index contributed by atoms with van der Waals surface area (Å²) in [5, 5.41) is 3.15. The molecule has 0 radical (unpaired) electrons. The minimum absolute atomic E-state index is 0.149. The van der Waals surface area contributed by atoms with Crippen LogP contribution in [0.25, 0.3) is 0 Å². The third-order valence-electron chi connectivity index (χ3n) is 2.57. The smallest absolute Gasteiger partial charge is 0.194 e. The maximum atomic E-state index is 13.1. The molecule has 0 saturated heterocycles. The van der Waals surface area contributed by atoms with Gasteiger partial charge in [0.15, 0.2) is 17.5 Å². The molecular formula is C13H18F3N. The highest BCUT2D eigenvalue weighted by molar-refractivity contribution is 5.22. The number of hydrogen-bond donors (Lipinski definition) is 1. The molecule has 1 unspecified atom stereocenters. The first kappa shape index (κ1) is 14.0. The van der Waals surface area contributed by atoms with Crippen molar-refractivity contribution in [1.29, 1.82) is 0 Å². The molecule has 0 aliphatic heterocycles. The summed E-state index contributed by atoms with van der Waals surface area (Å²) in [6, 6.07) is 1.98. The Balaban J connectivity index is 3.01. The first-order chi connectivity index (χ1) is 7.95. The van der Waals surface area contributed by atoms with Crippen molar-refractivity contribution in [2.24, 2.45) is 5.92 Å². The molecule has 4 heteroatoms. The number of hydrogen-bond acceptors (Lipinski definition) is 1. The predicted molar refractivity (Wildman–Crippen MR) is 62.2 cm³/mol. The molecule has 0 fully saturated rings. The minimum atomic E-state index is -1.41. The molecule has 0 aromatic heterocycles. The first-order valence-electron chi connectivity index (χ1n) is 5.83. The lowest BCUT2D eigenvalue weighted by Crippen LogP contribution is -2.23. The average molecular weight is 245 g/mol. The summed E-state index contributed by atoms with van der Waals surface area (Å²) in [7, 11) is 0. The van der Waals surface area contributed by atoms with Crippen molar-refractivity contribution in [2.75, 3.05) is 6.54 Å². The molecule has 1 atom stereocenters. The standard InChI is InChI=1S/C13H18F3N/c1-4-17-12(5-8(2)3)9-6-10(14)13(16)11(15)7-9/h6-8,12,17H,4-5H2,1-3H3. The normalized spacial score (nSPS) is 13.1. The Morgan fingerprint density at radius 3 is 2.06 bits per heavy atom. The van der Waals surface area contributed by atoms with Crippen LogP contribution in [0.1, 0.15) is 38.8 Å². The zero-order valence-electron chi connectivity index (χ0n) is 10.4. The van der Waals surface area contributed by atoms with Gasteiger partial charge in [-0.15, -0.1) is 0 Å². The van der Waals surface area contributed by atoms with Gasteiger partial charge in [-0.25, -0.2) is 13.2 Å². The van der Waals surface area contributed by atoms with Crippen LogP contribution in [0.3, 0.4) is 0 Å². The highest BCUT2D eigenvalue weighted by Crippen LogP contribution is 2.24. The van der Waals surface area contributed by atoms with Gasteiger partial charge < -0.3 is 5.32 Å². The van der Waals surface area contributed by atoms with Crippen LogP contribution in [-0.2, 0) is 0 Å². The Hall–Kier alpha value is -1.03. The SMILES string of the molecule is CCNC(CC(C)C)c1cc(F)c(F)c(F)c1. The lowest BCUT2D eigenvalue weighted by atomic mass is 9.96. The number of nitrogens with one attached hydrogen (secondary N) is 1. The zero-order chi connectivity index (χ0) is 13.0. The summed E-state index contributed by atoms with van der Waals surface area (Å²) < 4.78 is 39.1. The van der Waals surface area contributed by atoms with Gasteiger partial charge in [0.05, 0.1) is 0 Å². The van der Waals surface area contributed by atoms with Gasteiger partial charge in [0.1, 0.15) is 0 Å². The molecule has 96 valence electrons. The number of rotatable bonds is 5. The van der Waals surface area contributed by atoms with Crippen LogP contribution in [-0.4, -0.2) is 6.54 Å². The van der Waals surface area contributed by atoms with Gasteiger partial charge in [-0.1, -0.05) is 20.8 Å².